The summed E-state index contributed by atoms with van der Waals surface area (Å²) in [6.45, 7) is 1.76. The molecule has 2 heterocycles. The summed E-state index contributed by atoms with van der Waals surface area (Å²) in [6.07, 6.45) is 1.20. The van der Waals surface area contributed by atoms with Crippen molar-refractivity contribution >= 4 is 5.91 Å². The van der Waals surface area contributed by atoms with Gasteiger partial charge >= 0.3 is 0 Å². The number of nitrogens with one attached hydrogen (secondary N) is 2. The number of nitrogens with zero attached hydrogens (tertiary/aromatic N) is 1. The lowest BCUT2D eigenvalue weighted by Crippen LogP contribution is -2.23. The van der Waals surface area contributed by atoms with Gasteiger partial charge in [0.05, 0.1) is 6.04 Å². The van der Waals surface area contributed by atoms with Gasteiger partial charge in [-0.2, -0.15) is 0 Å². The molecule has 1 saturated heterocycles. The second-order valence-electron chi connectivity index (χ2n) is 3.43. The normalized spacial score (nSPS) is 20.9. The van der Waals surface area contributed by atoms with Crippen LogP contribution in [0.5, 0.6) is 0 Å². The summed E-state index contributed by atoms with van der Waals surface area (Å²) in [6, 6.07) is 1.30. The lowest BCUT2D eigenvalue weighted by Gasteiger charge is -2.08. The van der Waals surface area contributed by atoms with Gasteiger partial charge in [0, 0.05) is 18.2 Å². The topological polar surface area (TPSA) is 74.8 Å². The van der Waals surface area contributed by atoms with E-state index in [0.29, 0.717) is 24.4 Å². The molecule has 5 nitrogen and oxygen atoms in total. The molecule has 1 aliphatic rings. The van der Waals surface area contributed by atoms with Gasteiger partial charge in [0.1, 0.15) is 5.82 Å². The smallest absolute Gasteiger partial charge is 0.251 e. The van der Waals surface area contributed by atoms with Crippen LogP contribution in [0.25, 0.3) is 0 Å². The fraction of sp³-hybridized carbons (Fsp3) is 0.444. The number of H-pyrrole nitrogens is 1. The maximum Gasteiger partial charge on any atom is 0.251 e. The van der Waals surface area contributed by atoms with Gasteiger partial charge in [0.2, 0.25) is 5.91 Å². The minimum atomic E-state index is -0.173. The van der Waals surface area contributed by atoms with Crippen LogP contribution >= 0.6 is 0 Å². The molecule has 0 saturated carbocycles. The van der Waals surface area contributed by atoms with Gasteiger partial charge in [0.25, 0.3) is 5.56 Å². The third-order valence-corrected chi connectivity index (χ3v) is 2.21. The van der Waals surface area contributed by atoms with Crippen molar-refractivity contribution in [3.05, 3.63) is 27.9 Å². The van der Waals surface area contributed by atoms with E-state index in [1.54, 1.807) is 6.92 Å². The number of amides is 1. The first kappa shape index (κ1) is 8.93. The molecule has 1 aliphatic heterocycles. The van der Waals surface area contributed by atoms with E-state index in [2.05, 4.69) is 15.3 Å². The monoisotopic (exact) mass is 193 g/mol. The molecule has 2 rings (SSSR count). The number of carbonyl (C=O) groups is 1. The van der Waals surface area contributed by atoms with E-state index in [-0.39, 0.29) is 17.5 Å². The summed E-state index contributed by atoms with van der Waals surface area (Å²) in [5.41, 5.74) is 0.499. The van der Waals surface area contributed by atoms with E-state index >= 15 is 0 Å². The fourth-order valence-electron chi connectivity index (χ4n) is 1.59. The zero-order valence-electron chi connectivity index (χ0n) is 7.83. The van der Waals surface area contributed by atoms with Gasteiger partial charge in [0.15, 0.2) is 0 Å². The maximum atomic E-state index is 11.1. The highest BCUT2D eigenvalue weighted by molar-refractivity contribution is 5.78. The van der Waals surface area contributed by atoms with Crippen molar-refractivity contribution in [1.29, 1.82) is 0 Å². The molecule has 1 aromatic rings. The molecular weight excluding hydrogens is 182 g/mol. The Labute approximate surface area is 80.6 Å². The van der Waals surface area contributed by atoms with Crippen molar-refractivity contribution in [1.82, 2.24) is 15.3 Å². The van der Waals surface area contributed by atoms with E-state index in [1.165, 1.54) is 6.07 Å². The highest BCUT2D eigenvalue weighted by atomic mass is 16.2. The summed E-state index contributed by atoms with van der Waals surface area (Å²) in [4.78, 5) is 28.9. The summed E-state index contributed by atoms with van der Waals surface area (Å²) in [5, 5.41) is 2.75. The molecule has 1 amide bonds. The van der Waals surface area contributed by atoms with E-state index in [0.717, 1.165) is 0 Å². The molecule has 1 atom stereocenters. The van der Waals surface area contributed by atoms with Gasteiger partial charge in [-0.3, -0.25) is 9.59 Å². The Hall–Kier alpha value is -1.65. The van der Waals surface area contributed by atoms with Crippen LogP contribution in [0.3, 0.4) is 0 Å². The van der Waals surface area contributed by atoms with Crippen molar-refractivity contribution in [3.63, 3.8) is 0 Å². The Morgan fingerprint density at radius 1 is 1.50 bits per heavy atom. The standard InChI is InChI=1S/C9H11N3O2/c1-5-4-8(14)12-9(10-5)6-2-3-7(13)11-6/h4,6H,2-3H2,1H3,(H,11,13)(H,10,12,14)/t6-/m0/s1. The first-order chi connectivity index (χ1) is 6.65. The number of hydrogen-bond donors (Lipinski definition) is 2. The second kappa shape index (κ2) is 3.25. The van der Waals surface area contributed by atoms with Crippen LogP contribution in [0.15, 0.2) is 10.9 Å². The molecule has 14 heavy (non-hydrogen) atoms. The van der Waals surface area contributed by atoms with E-state index in [9.17, 15) is 9.59 Å². The third kappa shape index (κ3) is 1.66. The molecule has 0 bridgehead atoms. The highest BCUT2D eigenvalue weighted by Crippen LogP contribution is 2.19. The van der Waals surface area contributed by atoms with Crippen LogP contribution < -0.4 is 10.9 Å². The highest BCUT2D eigenvalue weighted by Gasteiger charge is 2.24. The zero-order chi connectivity index (χ0) is 10.1. The van der Waals surface area contributed by atoms with Crippen molar-refractivity contribution in [2.45, 2.75) is 25.8 Å². The van der Waals surface area contributed by atoms with Crippen molar-refractivity contribution in [2.24, 2.45) is 0 Å². The largest absolute Gasteiger partial charge is 0.346 e. The van der Waals surface area contributed by atoms with Crippen LogP contribution in [-0.4, -0.2) is 15.9 Å². The average Bonchev–Trinajstić information content (AvgIpc) is 2.50. The molecule has 2 N–H and O–H groups in total. The van der Waals surface area contributed by atoms with Crippen LogP contribution in [0.1, 0.15) is 30.4 Å². The first-order valence-corrected chi connectivity index (χ1v) is 4.52. The number of aryl methyl sites for hydroxylation is 1. The number of carbonyl (C=O) groups excluding carboxylic acids is 1. The molecule has 0 radical (unpaired) electrons. The third-order valence-electron chi connectivity index (χ3n) is 2.21. The fourth-order valence-corrected chi connectivity index (χ4v) is 1.59. The second-order valence-corrected chi connectivity index (χ2v) is 3.43. The van der Waals surface area contributed by atoms with Gasteiger partial charge in [-0.15, -0.1) is 0 Å². The first-order valence-electron chi connectivity index (χ1n) is 4.52. The number of aromatic nitrogens is 2. The number of aromatic amines is 1. The minimum absolute atomic E-state index is 0.0131. The summed E-state index contributed by atoms with van der Waals surface area (Å²) < 4.78 is 0. The number of hydrogen-bond acceptors (Lipinski definition) is 3. The predicted molar refractivity (Wildman–Crippen MR) is 49.7 cm³/mol. The molecule has 0 aromatic carbocycles. The van der Waals surface area contributed by atoms with Crippen LogP contribution in [-0.2, 0) is 4.79 Å². The molecule has 0 spiro atoms. The van der Waals surface area contributed by atoms with E-state index in [4.69, 9.17) is 0 Å². The van der Waals surface area contributed by atoms with Gasteiger partial charge in [-0.05, 0) is 13.3 Å². The number of rotatable bonds is 1. The van der Waals surface area contributed by atoms with E-state index in [1.807, 2.05) is 0 Å². The quantitative estimate of drug-likeness (QED) is 0.660. The zero-order valence-corrected chi connectivity index (χ0v) is 7.83. The SMILES string of the molecule is Cc1cc(=O)[nH]c([C@@H]2CCC(=O)N2)n1. The van der Waals surface area contributed by atoms with Crippen LogP contribution in [0.4, 0.5) is 0 Å². The molecule has 5 heteroatoms. The van der Waals surface area contributed by atoms with Crippen molar-refractivity contribution in [2.75, 3.05) is 0 Å². The molecule has 1 fully saturated rings. The van der Waals surface area contributed by atoms with Gasteiger partial charge in [-0.1, -0.05) is 0 Å². The van der Waals surface area contributed by atoms with Crippen molar-refractivity contribution < 1.29 is 4.79 Å². The lowest BCUT2D eigenvalue weighted by atomic mass is 10.2. The molecule has 0 unspecified atom stereocenters. The Balaban J connectivity index is 2.32. The maximum absolute atomic E-state index is 11.1. The summed E-state index contributed by atoms with van der Waals surface area (Å²) >= 11 is 0. The molecule has 74 valence electrons. The summed E-state index contributed by atoms with van der Waals surface area (Å²) in [5.74, 6) is 0.569. The molecule has 1 aromatic heterocycles. The van der Waals surface area contributed by atoms with Crippen LogP contribution in [0.2, 0.25) is 0 Å². The average molecular weight is 193 g/mol. The van der Waals surface area contributed by atoms with Crippen LogP contribution in [0, 0.1) is 6.92 Å². The Morgan fingerprint density at radius 3 is 2.86 bits per heavy atom. The molecule has 0 aliphatic carbocycles. The van der Waals surface area contributed by atoms with Crippen molar-refractivity contribution in [3.8, 4) is 0 Å². The van der Waals surface area contributed by atoms with Gasteiger partial charge < -0.3 is 10.3 Å². The minimum Gasteiger partial charge on any atom is -0.346 e. The Kier molecular flexibility index (Phi) is 2.07. The lowest BCUT2D eigenvalue weighted by molar-refractivity contribution is -0.119. The summed E-state index contributed by atoms with van der Waals surface area (Å²) in [7, 11) is 0. The molecular formula is C9H11N3O2. The Morgan fingerprint density at radius 2 is 2.29 bits per heavy atom. The van der Waals surface area contributed by atoms with Gasteiger partial charge in [-0.25, -0.2) is 4.98 Å². The van der Waals surface area contributed by atoms with E-state index < -0.39 is 0 Å². The Bertz CT molecular complexity index is 424. The predicted octanol–water partition coefficient (Wildman–Crippen LogP) is 0.0294.